The monoisotopic (exact) mass is 405 g/mol. The highest BCUT2D eigenvalue weighted by molar-refractivity contribution is 7.22. The first kappa shape index (κ1) is 19.1. The fraction of sp³-hybridized carbons (Fsp3) is 0.130. The Labute approximate surface area is 172 Å². The van der Waals surface area contributed by atoms with Crippen LogP contribution >= 0.6 is 11.3 Å². The van der Waals surface area contributed by atoms with E-state index in [0.717, 1.165) is 11.3 Å². The van der Waals surface area contributed by atoms with Gasteiger partial charge in [0.1, 0.15) is 11.3 Å². The van der Waals surface area contributed by atoms with Gasteiger partial charge in [0, 0.05) is 25.3 Å². The van der Waals surface area contributed by atoms with Gasteiger partial charge >= 0.3 is 0 Å². The number of hydrogen-bond donors (Lipinski definition) is 0. The number of rotatable bonds is 5. The summed E-state index contributed by atoms with van der Waals surface area (Å²) in [4.78, 5) is 21.4. The predicted molar refractivity (Wildman–Crippen MR) is 117 cm³/mol. The van der Waals surface area contributed by atoms with Crippen molar-refractivity contribution >= 4 is 38.3 Å². The van der Waals surface area contributed by atoms with Crippen molar-refractivity contribution in [1.29, 1.82) is 0 Å². The summed E-state index contributed by atoms with van der Waals surface area (Å²) in [5, 5.41) is 0.482. The summed E-state index contributed by atoms with van der Waals surface area (Å²) >= 11 is 1.32. The van der Waals surface area contributed by atoms with Gasteiger partial charge in [-0.15, -0.1) is 0 Å². The molecule has 4 aromatic rings. The van der Waals surface area contributed by atoms with Gasteiger partial charge < -0.3 is 4.90 Å². The van der Waals surface area contributed by atoms with Gasteiger partial charge in [-0.3, -0.25) is 9.69 Å². The molecule has 0 N–H and O–H groups in total. The topological polar surface area (TPSA) is 36.4 Å². The third kappa shape index (κ3) is 3.98. The van der Waals surface area contributed by atoms with Gasteiger partial charge in [-0.25, -0.2) is 9.37 Å². The molecule has 0 bridgehead atoms. The standard InChI is InChI=1S/C23H20FN3OS/c1-26(2)18-13-11-17(12-14-18)22(28)27(15-16-7-4-3-5-8-16)23-25-21-19(24)9-6-10-20(21)29-23/h3-14H,15H2,1-2H3. The molecule has 0 aliphatic heterocycles. The number of benzene rings is 3. The summed E-state index contributed by atoms with van der Waals surface area (Å²) in [5.41, 5.74) is 2.84. The van der Waals surface area contributed by atoms with Gasteiger partial charge in [0.2, 0.25) is 0 Å². The van der Waals surface area contributed by atoms with Crippen LogP contribution in [0.4, 0.5) is 15.2 Å². The van der Waals surface area contributed by atoms with Crippen LogP contribution in [0.3, 0.4) is 0 Å². The van der Waals surface area contributed by atoms with E-state index in [4.69, 9.17) is 0 Å². The largest absolute Gasteiger partial charge is 0.378 e. The average molecular weight is 405 g/mol. The van der Waals surface area contributed by atoms with E-state index in [1.54, 1.807) is 11.0 Å². The Hall–Kier alpha value is -3.25. The molecule has 3 aromatic carbocycles. The maximum Gasteiger partial charge on any atom is 0.260 e. The van der Waals surface area contributed by atoms with Crippen LogP contribution in [0.15, 0.2) is 72.8 Å². The molecule has 1 amide bonds. The van der Waals surface area contributed by atoms with Crippen molar-refractivity contribution in [2.75, 3.05) is 23.9 Å². The van der Waals surface area contributed by atoms with Gasteiger partial charge in [0.05, 0.1) is 11.2 Å². The van der Waals surface area contributed by atoms with E-state index < -0.39 is 0 Å². The maximum absolute atomic E-state index is 14.2. The van der Waals surface area contributed by atoms with E-state index in [9.17, 15) is 9.18 Å². The van der Waals surface area contributed by atoms with Crippen LogP contribution in [-0.2, 0) is 6.54 Å². The first-order valence-corrected chi connectivity index (χ1v) is 10.0. The molecule has 0 unspecified atom stereocenters. The van der Waals surface area contributed by atoms with Crippen LogP contribution in [0, 0.1) is 5.82 Å². The van der Waals surface area contributed by atoms with Gasteiger partial charge in [0.15, 0.2) is 5.13 Å². The van der Waals surface area contributed by atoms with E-state index in [-0.39, 0.29) is 11.7 Å². The Balaban J connectivity index is 1.74. The van der Waals surface area contributed by atoms with Crippen molar-refractivity contribution in [3.05, 3.63) is 89.7 Å². The molecule has 0 saturated carbocycles. The highest BCUT2D eigenvalue weighted by Crippen LogP contribution is 2.32. The lowest BCUT2D eigenvalue weighted by molar-refractivity contribution is 0.0985. The fourth-order valence-corrected chi connectivity index (χ4v) is 4.05. The van der Waals surface area contributed by atoms with Crippen molar-refractivity contribution in [2.24, 2.45) is 0 Å². The van der Waals surface area contributed by atoms with Crippen LogP contribution in [0.5, 0.6) is 0 Å². The van der Waals surface area contributed by atoms with E-state index in [0.29, 0.717) is 27.5 Å². The molecule has 29 heavy (non-hydrogen) atoms. The van der Waals surface area contributed by atoms with Crippen LogP contribution in [-0.4, -0.2) is 25.0 Å². The molecule has 1 heterocycles. The molecule has 4 nitrogen and oxygen atoms in total. The Morgan fingerprint density at radius 1 is 0.966 bits per heavy atom. The van der Waals surface area contributed by atoms with Gasteiger partial charge in [-0.1, -0.05) is 47.7 Å². The number of amides is 1. The number of carbonyl (C=O) groups is 1. The second kappa shape index (κ2) is 8.01. The fourth-order valence-electron chi connectivity index (χ4n) is 3.07. The number of fused-ring (bicyclic) bond motifs is 1. The van der Waals surface area contributed by atoms with E-state index in [1.807, 2.05) is 79.7 Å². The zero-order chi connectivity index (χ0) is 20.4. The molecule has 4 rings (SSSR count). The summed E-state index contributed by atoms with van der Waals surface area (Å²) in [6, 6.07) is 22.0. The highest BCUT2D eigenvalue weighted by atomic mass is 32.1. The van der Waals surface area contributed by atoms with Crippen LogP contribution in [0.1, 0.15) is 15.9 Å². The third-order valence-corrected chi connectivity index (χ3v) is 5.69. The number of aromatic nitrogens is 1. The number of carbonyl (C=O) groups excluding carboxylic acids is 1. The van der Waals surface area contributed by atoms with Crippen molar-refractivity contribution in [2.45, 2.75) is 6.54 Å². The summed E-state index contributed by atoms with van der Waals surface area (Å²) in [5.74, 6) is -0.550. The lowest BCUT2D eigenvalue weighted by Gasteiger charge is -2.21. The molecule has 0 atom stereocenters. The van der Waals surface area contributed by atoms with Crippen LogP contribution in [0.2, 0.25) is 0 Å². The Bertz CT molecular complexity index is 1140. The highest BCUT2D eigenvalue weighted by Gasteiger charge is 2.22. The van der Waals surface area contributed by atoms with E-state index in [2.05, 4.69) is 4.98 Å². The van der Waals surface area contributed by atoms with Crippen molar-refractivity contribution in [3.63, 3.8) is 0 Å². The molecule has 0 spiro atoms. The summed E-state index contributed by atoms with van der Waals surface area (Å²) in [7, 11) is 3.91. The number of para-hydroxylation sites is 1. The molecule has 0 fully saturated rings. The molecule has 146 valence electrons. The number of halogens is 1. The second-order valence-corrected chi connectivity index (χ2v) is 7.91. The Morgan fingerprint density at radius 3 is 2.34 bits per heavy atom. The SMILES string of the molecule is CN(C)c1ccc(C(=O)N(Cc2ccccc2)c2nc3c(F)cccc3s2)cc1. The number of anilines is 2. The van der Waals surface area contributed by atoms with Crippen molar-refractivity contribution < 1.29 is 9.18 Å². The zero-order valence-electron chi connectivity index (χ0n) is 16.2. The minimum atomic E-state index is -0.382. The summed E-state index contributed by atoms with van der Waals surface area (Å²) in [6.45, 7) is 0.358. The number of nitrogens with zero attached hydrogens (tertiary/aromatic N) is 3. The van der Waals surface area contributed by atoms with Gasteiger partial charge in [0.25, 0.3) is 5.91 Å². The van der Waals surface area contributed by atoms with Crippen LogP contribution in [0.25, 0.3) is 10.2 Å². The predicted octanol–water partition coefficient (Wildman–Crippen LogP) is 5.35. The molecule has 0 radical (unpaired) electrons. The second-order valence-electron chi connectivity index (χ2n) is 6.90. The number of thiazole rings is 1. The lowest BCUT2D eigenvalue weighted by Crippen LogP contribution is -2.30. The lowest BCUT2D eigenvalue weighted by atomic mass is 10.1. The minimum absolute atomic E-state index is 0.168. The van der Waals surface area contributed by atoms with E-state index in [1.165, 1.54) is 17.4 Å². The molecule has 1 aromatic heterocycles. The molecular formula is C23H20FN3OS. The number of hydrogen-bond acceptors (Lipinski definition) is 4. The zero-order valence-corrected chi connectivity index (χ0v) is 17.0. The van der Waals surface area contributed by atoms with E-state index >= 15 is 0 Å². The van der Waals surface area contributed by atoms with Crippen molar-refractivity contribution in [3.8, 4) is 0 Å². The Kier molecular flexibility index (Phi) is 5.27. The normalized spacial score (nSPS) is 10.9. The summed E-state index contributed by atoms with van der Waals surface area (Å²) in [6.07, 6.45) is 0. The van der Waals surface area contributed by atoms with Gasteiger partial charge in [-0.05, 0) is 42.0 Å². The maximum atomic E-state index is 14.2. The smallest absolute Gasteiger partial charge is 0.260 e. The average Bonchev–Trinajstić information content (AvgIpc) is 3.18. The molecule has 6 heteroatoms. The van der Waals surface area contributed by atoms with Gasteiger partial charge in [-0.2, -0.15) is 0 Å². The first-order valence-electron chi connectivity index (χ1n) is 9.21. The molecule has 0 saturated heterocycles. The molecular weight excluding hydrogens is 385 g/mol. The quantitative estimate of drug-likeness (QED) is 0.449. The first-order chi connectivity index (χ1) is 14.0. The van der Waals surface area contributed by atoms with Crippen molar-refractivity contribution in [1.82, 2.24) is 4.98 Å². The Morgan fingerprint density at radius 2 is 1.69 bits per heavy atom. The van der Waals surface area contributed by atoms with Crippen LogP contribution < -0.4 is 9.80 Å². The third-order valence-electron chi connectivity index (χ3n) is 4.65. The minimum Gasteiger partial charge on any atom is -0.378 e. The molecule has 0 aliphatic carbocycles. The summed E-state index contributed by atoms with van der Waals surface area (Å²) < 4.78 is 14.9. The molecule has 0 aliphatic rings.